The highest BCUT2D eigenvalue weighted by molar-refractivity contribution is 7.03. The van der Waals surface area contributed by atoms with Gasteiger partial charge in [-0.15, -0.1) is 19.7 Å². The number of hydrogen-bond acceptors (Lipinski definition) is 4. The first-order valence-electron chi connectivity index (χ1n) is 16.2. The number of rotatable bonds is 10. The Labute approximate surface area is 289 Å². The average molecular weight is 699 g/mol. The second kappa shape index (κ2) is 13.9. The van der Waals surface area contributed by atoms with E-state index >= 15 is 0 Å². The molecule has 0 saturated carbocycles. The van der Waals surface area contributed by atoms with Gasteiger partial charge in [0.25, 0.3) is 0 Å². The van der Waals surface area contributed by atoms with E-state index in [-0.39, 0.29) is 0 Å². The minimum Gasteiger partial charge on any atom is -0.414 e. The van der Waals surface area contributed by atoms with Crippen molar-refractivity contribution in [1.82, 2.24) is 0 Å². The fourth-order valence-electron chi connectivity index (χ4n) is 7.03. The van der Waals surface area contributed by atoms with Crippen LogP contribution in [-0.4, -0.2) is 34.2 Å². The molecule has 6 rings (SSSR count). The Hall–Kier alpha value is -3.97. The van der Waals surface area contributed by atoms with E-state index in [9.17, 15) is 0 Å². The van der Waals surface area contributed by atoms with Crippen molar-refractivity contribution in [2.24, 2.45) is 0 Å². The first-order valence-corrected chi connectivity index (χ1v) is 24.9. The Morgan fingerprint density at radius 3 is 1.33 bits per heavy atom. The van der Waals surface area contributed by atoms with E-state index in [0.717, 1.165) is 27.4 Å². The first-order chi connectivity index (χ1) is 23.3. The predicted octanol–water partition coefficient (Wildman–Crippen LogP) is 8.53. The molecule has 0 amide bonds. The third-order valence-electron chi connectivity index (χ3n) is 8.93. The van der Waals surface area contributed by atoms with Gasteiger partial charge in [-0.1, -0.05) is 152 Å². The molecule has 2 atom stereocenters. The van der Waals surface area contributed by atoms with Crippen LogP contribution in [0, 0.1) is 0 Å². The standard InChI is InChI=1S/C40H42O4Si4/c1-6-46(7-2)41-45(4,5)42-48(34-35-24-14-9-15-25-35,44-47(8-3,43-46)39-32-22-13-23-33-39)40(36-26-16-10-17-27-36,37-28-18-11-19-29-37)38-30-20-12-21-31-38/h6-33H,1-3,34H2,4-5H3. The van der Waals surface area contributed by atoms with Crippen molar-refractivity contribution < 1.29 is 16.5 Å². The first kappa shape index (κ1) is 33.9. The van der Waals surface area contributed by atoms with Crippen molar-refractivity contribution in [1.29, 1.82) is 0 Å². The molecular formula is C40H42O4Si4. The average Bonchev–Trinajstić information content (AvgIpc) is 3.12. The van der Waals surface area contributed by atoms with Crippen molar-refractivity contribution in [3.63, 3.8) is 0 Å². The molecule has 0 spiro atoms. The van der Waals surface area contributed by atoms with Gasteiger partial charge in [0.1, 0.15) is 0 Å². The van der Waals surface area contributed by atoms with Crippen molar-refractivity contribution in [3.8, 4) is 0 Å². The fourth-order valence-corrected chi connectivity index (χ4v) is 28.0. The minimum absolute atomic E-state index is 0.516. The lowest BCUT2D eigenvalue weighted by Crippen LogP contribution is -2.77. The maximum absolute atomic E-state index is 8.14. The van der Waals surface area contributed by atoms with Gasteiger partial charge < -0.3 is 16.5 Å². The van der Waals surface area contributed by atoms with Crippen LogP contribution in [0.4, 0.5) is 0 Å². The van der Waals surface area contributed by atoms with E-state index in [4.69, 9.17) is 16.5 Å². The Bertz CT molecular complexity index is 1740. The summed E-state index contributed by atoms with van der Waals surface area (Å²) >= 11 is 0. The molecule has 0 aromatic heterocycles. The van der Waals surface area contributed by atoms with Crippen LogP contribution in [0.25, 0.3) is 0 Å². The molecule has 242 valence electrons. The zero-order valence-electron chi connectivity index (χ0n) is 27.6. The van der Waals surface area contributed by atoms with Gasteiger partial charge in [-0.2, -0.15) is 0 Å². The molecule has 1 saturated heterocycles. The van der Waals surface area contributed by atoms with Gasteiger partial charge >= 0.3 is 34.2 Å². The van der Waals surface area contributed by atoms with Crippen LogP contribution in [0.2, 0.25) is 13.1 Å². The summed E-state index contributed by atoms with van der Waals surface area (Å²) in [6.07, 6.45) is 0. The zero-order valence-corrected chi connectivity index (χ0v) is 31.6. The van der Waals surface area contributed by atoms with Crippen LogP contribution in [-0.2, 0) is 27.5 Å². The smallest absolute Gasteiger partial charge is 0.381 e. The topological polar surface area (TPSA) is 36.9 Å². The van der Waals surface area contributed by atoms with Gasteiger partial charge in [-0.25, -0.2) is 0 Å². The highest BCUT2D eigenvalue weighted by atomic mass is 28.5. The minimum atomic E-state index is -3.82. The summed E-state index contributed by atoms with van der Waals surface area (Å²) in [5.41, 5.74) is 9.81. The molecule has 0 radical (unpaired) electrons. The van der Waals surface area contributed by atoms with Gasteiger partial charge in [0.15, 0.2) is 0 Å². The normalized spacial score (nSPS) is 22.0. The molecule has 8 heteroatoms. The molecule has 5 aromatic rings. The predicted molar refractivity (Wildman–Crippen MR) is 205 cm³/mol. The van der Waals surface area contributed by atoms with Crippen LogP contribution < -0.4 is 5.19 Å². The van der Waals surface area contributed by atoms with Crippen molar-refractivity contribution >= 4 is 39.4 Å². The van der Waals surface area contributed by atoms with Gasteiger partial charge in [0.2, 0.25) is 0 Å². The van der Waals surface area contributed by atoms with Crippen LogP contribution >= 0.6 is 0 Å². The zero-order chi connectivity index (χ0) is 33.7. The summed E-state index contributed by atoms with van der Waals surface area (Å²) < 4.78 is 30.6. The molecule has 1 aliphatic heterocycles. The van der Waals surface area contributed by atoms with E-state index < -0.39 is 39.3 Å². The van der Waals surface area contributed by atoms with E-state index in [1.54, 1.807) is 11.4 Å². The monoisotopic (exact) mass is 698 g/mol. The maximum Gasteiger partial charge on any atom is 0.381 e. The molecule has 4 nitrogen and oxygen atoms in total. The van der Waals surface area contributed by atoms with E-state index in [2.05, 4.69) is 160 Å². The summed E-state index contributed by atoms with van der Waals surface area (Å²) in [6.45, 7) is 17.0. The summed E-state index contributed by atoms with van der Waals surface area (Å²) in [6, 6.07) is 53.2. The second-order valence-corrected chi connectivity index (χ2v) is 25.7. The second-order valence-electron chi connectivity index (χ2n) is 12.4. The van der Waals surface area contributed by atoms with Gasteiger partial charge in [0.05, 0.1) is 5.04 Å². The maximum atomic E-state index is 8.14. The highest BCUT2D eigenvalue weighted by Gasteiger charge is 2.68. The lowest BCUT2D eigenvalue weighted by molar-refractivity contribution is 0.229. The summed E-state index contributed by atoms with van der Waals surface area (Å²) in [5.74, 6) is 0. The summed E-state index contributed by atoms with van der Waals surface area (Å²) in [5, 5.41) is 0.0333. The molecule has 0 N–H and O–H groups in total. The van der Waals surface area contributed by atoms with E-state index in [0.29, 0.717) is 6.04 Å². The Kier molecular flexibility index (Phi) is 9.80. The van der Waals surface area contributed by atoms with Crippen LogP contribution in [0.3, 0.4) is 0 Å². The molecule has 0 bridgehead atoms. The number of benzene rings is 5. The molecule has 1 aliphatic rings. The largest absolute Gasteiger partial charge is 0.414 e. The summed E-state index contributed by atoms with van der Waals surface area (Å²) in [4.78, 5) is 0. The lowest BCUT2D eigenvalue weighted by atomic mass is 9.84. The van der Waals surface area contributed by atoms with E-state index in [1.165, 1.54) is 0 Å². The van der Waals surface area contributed by atoms with Crippen molar-refractivity contribution in [2.75, 3.05) is 0 Å². The molecule has 2 unspecified atom stereocenters. The molecule has 0 aliphatic carbocycles. The van der Waals surface area contributed by atoms with Crippen LogP contribution in [0.5, 0.6) is 0 Å². The molecular weight excluding hydrogens is 657 g/mol. The quantitative estimate of drug-likeness (QED) is 0.108. The van der Waals surface area contributed by atoms with Crippen molar-refractivity contribution in [2.45, 2.75) is 24.2 Å². The van der Waals surface area contributed by atoms with Gasteiger partial charge in [-0.3, -0.25) is 0 Å². The third kappa shape index (κ3) is 6.18. The van der Waals surface area contributed by atoms with Gasteiger partial charge in [-0.05, 0) is 57.6 Å². The fraction of sp³-hybridized carbons (Fsp3) is 0.100. The third-order valence-corrected chi connectivity index (χ3v) is 26.2. The van der Waals surface area contributed by atoms with Crippen LogP contribution in [0.15, 0.2) is 188 Å². The van der Waals surface area contributed by atoms with Crippen LogP contribution in [0.1, 0.15) is 22.3 Å². The Morgan fingerprint density at radius 1 is 0.500 bits per heavy atom. The molecule has 5 aromatic carbocycles. The van der Waals surface area contributed by atoms with E-state index in [1.807, 2.05) is 30.0 Å². The molecule has 1 heterocycles. The molecule has 1 fully saturated rings. The Balaban J connectivity index is 1.81. The number of hydrogen-bond donors (Lipinski definition) is 0. The highest BCUT2D eigenvalue weighted by Crippen LogP contribution is 2.51. The summed E-state index contributed by atoms with van der Waals surface area (Å²) in [7, 11) is -13.8. The SMILES string of the molecule is C=C[Si]1(C=C)O[Si](C)(C)O[Si](Cc2ccccc2)(C(c2ccccc2)(c2ccccc2)c2ccccc2)O[Si](C=C)(c2ccccc2)O1. The van der Waals surface area contributed by atoms with Crippen molar-refractivity contribution in [3.05, 3.63) is 211 Å². The lowest BCUT2D eigenvalue weighted by Gasteiger charge is -2.56. The van der Waals surface area contributed by atoms with Gasteiger partial charge in [0, 0.05) is 6.04 Å². The Morgan fingerprint density at radius 2 is 0.917 bits per heavy atom. The molecule has 48 heavy (non-hydrogen) atoms.